The number of rotatable bonds is 5. The molecule has 0 radical (unpaired) electrons. The van der Waals surface area contributed by atoms with Crippen molar-refractivity contribution in [1.29, 1.82) is 0 Å². The quantitative estimate of drug-likeness (QED) is 0.490. The minimum atomic E-state index is -3.85. The van der Waals surface area contributed by atoms with E-state index >= 15 is 0 Å². The Hall–Kier alpha value is -3.43. The zero-order chi connectivity index (χ0) is 21.3. The summed E-state index contributed by atoms with van der Waals surface area (Å²) in [5.41, 5.74) is 1.96. The fraction of sp³-hybridized carbons (Fsp3) is 0.0500. The second kappa shape index (κ2) is 7.77. The molecule has 0 aliphatic carbocycles. The number of carbonyl (C=O) groups is 1. The summed E-state index contributed by atoms with van der Waals surface area (Å²) in [4.78, 5) is 17.0. The van der Waals surface area contributed by atoms with Gasteiger partial charge in [0.2, 0.25) is 0 Å². The first-order valence-electron chi connectivity index (χ1n) is 8.83. The van der Waals surface area contributed by atoms with Crippen molar-refractivity contribution >= 4 is 44.6 Å². The SMILES string of the molecule is Cc1nn2cccnc2c1C(=O)Nc1cccc(S(=O)(=O)Nc2ccc(Cl)cc2)c1. The van der Waals surface area contributed by atoms with Gasteiger partial charge in [-0.15, -0.1) is 0 Å². The zero-order valence-corrected chi connectivity index (χ0v) is 17.3. The highest BCUT2D eigenvalue weighted by molar-refractivity contribution is 7.92. The van der Waals surface area contributed by atoms with Crippen LogP contribution in [0.4, 0.5) is 11.4 Å². The molecule has 4 rings (SSSR count). The van der Waals surface area contributed by atoms with Crippen LogP contribution in [0.25, 0.3) is 5.65 Å². The molecule has 2 N–H and O–H groups in total. The number of amides is 1. The van der Waals surface area contributed by atoms with Gasteiger partial charge in [-0.3, -0.25) is 9.52 Å². The fourth-order valence-electron chi connectivity index (χ4n) is 2.93. The molecule has 0 aliphatic heterocycles. The molecule has 0 saturated carbocycles. The maximum atomic E-state index is 12.8. The predicted molar refractivity (Wildman–Crippen MR) is 114 cm³/mol. The highest BCUT2D eigenvalue weighted by Crippen LogP contribution is 2.22. The number of carbonyl (C=O) groups excluding carboxylic acids is 1. The second-order valence-corrected chi connectivity index (χ2v) is 8.56. The molecule has 1 amide bonds. The predicted octanol–water partition coefficient (Wildman–Crippen LogP) is 3.74. The van der Waals surface area contributed by atoms with E-state index in [9.17, 15) is 13.2 Å². The van der Waals surface area contributed by atoms with Crippen LogP contribution < -0.4 is 10.0 Å². The zero-order valence-electron chi connectivity index (χ0n) is 15.7. The number of aromatic nitrogens is 3. The Morgan fingerprint density at radius 1 is 1.07 bits per heavy atom. The lowest BCUT2D eigenvalue weighted by atomic mass is 10.2. The molecule has 10 heteroatoms. The maximum absolute atomic E-state index is 12.8. The van der Waals surface area contributed by atoms with Crippen molar-refractivity contribution in [2.24, 2.45) is 0 Å². The Morgan fingerprint density at radius 2 is 1.83 bits per heavy atom. The molecule has 2 aromatic carbocycles. The number of benzene rings is 2. The van der Waals surface area contributed by atoms with Crippen molar-refractivity contribution in [1.82, 2.24) is 14.6 Å². The molecule has 30 heavy (non-hydrogen) atoms. The van der Waals surface area contributed by atoms with Crippen LogP contribution in [0.2, 0.25) is 5.02 Å². The van der Waals surface area contributed by atoms with Crippen LogP contribution in [0, 0.1) is 6.92 Å². The molecule has 0 atom stereocenters. The maximum Gasteiger partial charge on any atom is 0.261 e. The first kappa shape index (κ1) is 19.9. The van der Waals surface area contributed by atoms with Gasteiger partial charge in [0.05, 0.1) is 10.6 Å². The molecular weight excluding hydrogens is 426 g/mol. The molecule has 4 aromatic rings. The van der Waals surface area contributed by atoms with Crippen LogP contribution in [0.5, 0.6) is 0 Å². The van der Waals surface area contributed by atoms with Gasteiger partial charge >= 0.3 is 0 Å². The number of nitrogens with one attached hydrogen (secondary N) is 2. The van der Waals surface area contributed by atoms with Crippen LogP contribution in [-0.4, -0.2) is 28.9 Å². The molecule has 2 aromatic heterocycles. The van der Waals surface area contributed by atoms with Crippen LogP contribution in [0.15, 0.2) is 71.9 Å². The summed E-state index contributed by atoms with van der Waals surface area (Å²) in [5, 5.41) is 7.48. The molecule has 0 bridgehead atoms. The van der Waals surface area contributed by atoms with Gasteiger partial charge in [0.1, 0.15) is 5.56 Å². The van der Waals surface area contributed by atoms with Crippen molar-refractivity contribution in [3.8, 4) is 0 Å². The van der Waals surface area contributed by atoms with Crippen LogP contribution in [-0.2, 0) is 10.0 Å². The molecular formula is C20H16ClN5O3S. The van der Waals surface area contributed by atoms with Crippen molar-refractivity contribution in [2.45, 2.75) is 11.8 Å². The largest absolute Gasteiger partial charge is 0.322 e. The topological polar surface area (TPSA) is 105 Å². The summed E-state index contributed by atoms with van der Waals surface area (Å²) < 4.78 is 29.4. The number of fused-ring (bicyclic) bond motifs is 1. The van der Waals surface area contributed by atoms with Gasteiger partial charge in [0.15, 0.2) is 5.65 Å². The molecule has 152 valence electrons. The molecule has 0 fully saturated rings. The minimum Gasteiger partial charge on any atom is -0.322 e. The summed E-state index contributed by atoms with van der Waals surface area (Å²) in [6.07, 6.45) is 3.27. The van der Waals surface area contributed by atoms with E-state index in [0.29, 0.717) is 33.3 Å². The highest BCUT2D eigenvalue weighted by Gasteiger charge is 2.20. The van der Waals surface area contributed by atoms with E-state index < -0.39 is 15.9 Å². The Kier molecular flexibility index (Phi) is 5.15. The lowest BCUT2D eigenvalue weighted by Gasteiger charge is -2.10. The Labute approximate surface area is 177 Å². The summed E-state index contributed by atoms with van der Waals surface area (Å²) in [6, 6.07) is 14.0. The van der Waals surface area contributed by atoms with Gasteiger partial charge in [-0.1, -0.05) is 17.7 Å². The van der Waals surface area contributed by atoms with Gasteiger partial charge in [-0.2, -0.15) is 5.10 Å². The Bertz CT molecular complexity index is 1350. The summed E-state index contributed by atoms with van der Waals surface area (Å²) in [6.45, 7) is 1.71. The van der Waals surface area contributed by atoms with Gasteiger partial charge in [-0.25, -0.2) is 17.9 Å². The van der Waals surface area contributed by atoms with Crippen molar-refractivity contribution in [2.75, 3.05) is 10.0 Å². The summed E-state index contributed by atoms with van der Waals surface area (Å²) in [7, 11) is -3.85. The van der Waals surface area contributed by atoms with E-state index in [0.717, 1.165) is 0 Å². The van der Waals surface area contributed by atoms with Crippen LogP contribution in [0.1, 0.15) is 16.1 Å². The van der Waals surface area contributed by atoms with Gasteiger partial charge < -0.3 is 5.32 Å². The molecule has 0 unspecified atom stereocenters. The van der Waals surface area contributed by atoms with E-state index in [4.69, 9.17) is 11.6 Å². The third-order valence-electron chi connectivity index (χ3n) is 4.30. The van der Waals surface area contributed by atoms with Crippen LogP contribution in [0.3, 0.4) is 0 Å². The molecule has 0 spiro atoms. The third-order valence-corrected chi connectivity index (χ3v) is 5.93. The number of halogens is 1. The lowest BCUT2D eigenvalue weighted by Crippen LogP contribution is -2.15. The molecule has 0 aliphatic rings. The summed E-state index contributed by atoms with van der Waals surface area (Å²) >= 11 is 5.83. The third kappa shape index (κ3) is 3.98. The fourth-order valence-corrected chi connectivity index (χ4v) is 4.16. The van der Waals surface area contributed by atoms with E-state index in [1.807, 2.05) is 0 Å². The number of nitrogens with zero attached hydrogens (tertiary/aromatic N) is 3. The number of sulfonamides is 1. The van der Waals surface area contributed by atoms with E-state index in [1.165, 1.54) is 16.6 Å². The smallest absolute Gasteiger partial charge is 0.261 e. The first-order valence-corrected chi connectivity index (χ1v) is 10.7. The van der Waals surface area contributed by atoms with E-state index in [2.05, 4.69) is 20.1 Å². The number of anilines is 2. The average molecular weight is 442 g/mol. The lowest BCUT2D eigenvalue weighted by molar-refractivity contribution is 0.102. The monoisotopic (exact) mass is 441 g/mol. The Balaban J connectivity index is 1.59. The minimum absolute atomic E-state index is 0.00459. The van der Waals surface area contributed by atoms with Crippen molar-refractivity contribution < 1.29 is 13.2 Å². The standard InChI is InChI=1S/C20H16ClN5O3S/c1-13-18(19-22-10-3-11-26(19)24-13)20(27)23-16-4-2-5-17(12-16)30(28,29)25-15-8-6-14(21)7-9-15/h2-12,25H,1H3,(H,23,27). The normalized spacial score (nSPS) is 11.4. The second-order valence-electron chi connectivity index (χ2n) is 6.44. The number of hydrogen-bond donors (Lipinski definition) is 2. The van der Waals surface area contributed by atoms with Gasteiger partial charge in [0.25, 0.3) is 15.9 Å². The molecule has 2 heterocycles. The van der Waals surface area contributed by atoms with Crippen LogP contribution >= 0.6 is 11.6 Å². The molecule has 8 nitrogen and oxygen atoms in total. The molecule has 0 saturated heterocycles. The van der Waals surface area contributed by atoms with Gasteiger partial charge in [0, 0.05) is 28.8 Å². The first-order chi connectivity index (χ1) is 14.3. The highest BCUT2D eigenvalue weighted by atomic mass is 35.5. The number of aryl methyl sites for hydroxylation is 1. The number of hydrogen-bond acceptors (Lipinski definition) is 5. The van der Waals surface area contributed by atoms with E-state index in [1.54, 1.807) is 61.8 Å². The van der Waals surface area contributed by atoms with Crippen molar-refractivity contribution in [3.63, 3.8) is 0 Å². The van der Waals surface area contributed by atoms with Gasteiger partial charge in [-0.05, 0) is 55.5 Å². The summed E-state index contributed by atoms with van der Waals surface area (Å²) in [5.74, 6) is -0.429. The average Bonchev–Trinajstić information content (AvgIpc) is 3.05. The van der Waals surface area contributed by atoms with Crippen molar-refractivity contribution in [3.05, 3.63) is 83.3 Å². The van der Waals surface area contributed by atoms with E-state index in [-0.39, 0.29) is 4.90 Å². The Morgan fingerprint density at radius 3 is 2.60 bits per heavy atom.